The zero-order valence-electron chi connectivity index (χ0n) is 15.5. The Hall–Kier alpha value is -3.73. The summed E-state index contributed by atoms with van der Waals surface area (Å²) in [5, 5.41) is 17.9. The molecule has 0 saturated carbocycles. The van der Waals surface area contributed by atoms with Crippen LogP contribution in [0.3, 0.4) is 0 Å². The van der Waals surface area contributed by atoms with Gasteiger partial charge < -0.3 is 10.2 Å². The van der Waals surface area contributed by atoms with E-state index in [2.05, 4.69) is 15.4 Å². The number of carbonyl (C=O) groups excluding carboxylic acids is 2. The molecule has 2 aromatic carbocycles. The van der Waals surface area contributed by atoms with E-state index in [0.29, 0.717) is 10.6 Å². The van der Waals surface area contributed by atoms with Gasteiger partial charge in [0.25, 0.3) is 16.8 Å². The summed E-state index contributed by atoms with van der Waals surface area (Å²) in [5.41, 5.74) is 0.435. The van der Waals surface area contributed by atoms with E-state index in [1.165, 1.54) is 40.4 Å². The minimum atomic E-state index is -0.590. The van der Waals surface area contributed by atoms with Crippen molar-refractivity contribution in [2.24, 2.45) is 0 Å². The predicted molar refractivity (Wildman–Crippen MR) is 107 cm³/mol. The van der Waals surface area contributed by atoms with Gasteiger partial charge in [0.2, 0.25) is 0 Å². The molecule has 0 fully saturated rings. The van der Waals surface area contributed by atoms with Gasteiger partial charge in [-0.25, -0.2) is 9.67 Å². The molecule has 148 valence electrons. The predicted octanol–water partition coefficient (Wildman–Crippen LogP) is 3.20. The summed E-state index contributed by atoms with van der Waals surface area (Å²) in [6.07, 6.45) is 2.59. The smallest absolute Gasteiger partial charge is 0.295 e. The molecule has 1 heterocycles. The van der Waals surface area contributed by atoms with Gasteiger partial charge in [-0.15, -0.1) is 0 Å². The van der Waals surface area contributed by atoms with Crippen molar-refractivity contribution in [3.8, 4) is 5.69 Å². The van der Waals surface area contributed by atoms with Gasteiger partial charge >= 0.3 is 0 Å². The second kappa shape index (κ2) is 8.52. The maximum absolute atomic E-state index is 12.7. The summed E-state index contributed by atoms with van der Waals surface area (Å²) in [6.45, 7) is 0. The highest BCUT2D eigenvalue weighted by Gasteiger charge is 2.20. The van der Waals surface area contributed by atoms with E-state index >= 15 is 0 Å². The van der Waals surface area contributed by atoms with Crippen LogP contribution in [0.1, 0.15) is 10.4 Å². The van der Waals surface area contributed by atoms with E-state index < -0.39 is 10.8 Å². The van der Waals surface area contributed by atoms with E-state index in [4.69, 9.17) is 0 Å². The lowest BCUT2D eigenvalue weighted by Gasteiger charge is -2.13. The number of anilines is 1. The number of thioether (sulfide) groups is 1. The van der Waals surface area contributed by atoms with E-state index in [9.17, 15) is 19.7 Å². The Bertz CT molecular complexity index is 1070. The summed E-state index contributed by atoms with van der Waals surface area (Å²) >= 11 is 0.970. The van der Waals surface area contributed by atoms with Crippen LogP contribution in [-0.4, -0.2) is 49.8 Å². The van der Waals surface area contributed by atoms with Crippen LogP contribution in [0.15, 0.2) is 60.0 Å². The van der Waals surface area contributed by atoms with Gasteiger partial charge in [-0.1, -0.05) is 12.1 Å². The molecule has 2 amide bonds. The molecule has 3 aromatic rings. The molecule has 3 rings (SSSR count). The van der Waals surface area contributed by atoms with Gasteiger partial charge in [0.05, 0.1) is 10.6 Å². The number of para-hydroxylation sites is 1. The molecule has 0 radical (unpaired) electrons. The molecule has 0 aliphatic heterocycles. The van der Waals surface area contributed by atoms with E-state index in [1.54, 1.807) is 38.4 Å². The number of hydrogen-bond donors (Lipinski definition) is 1. The van der Waals surface area contributed by atoms with Crippen molar-refractivity contribution in [1.82, 2.24) is 19.7 Å². The Labute approximate surface area is 169 Å². The third-order valence-corrected chi connectivity index (χ3v) is 4.91. The molecular weight excluding hydrogens is 396 g/mol. The molecule has 0 aliphatic carbocycles. The first kappa shape index (κ1) is 20.0. The molecular formula is C18H16N6O4S. The minimum Gasteiger partial charge on any atom is -0.339 e. The van der Waals surface area contributed by atoms with E-state index in [0.717, 1.165) is 11.8 Å². The molecule has 11 heteroatoms. The van der Waals surface area contributed by atoms with Crippen LogP contribution in [0.25, 0.3) is 5.69 Å². The first-order chi connectivity index (χ1) is 13.9. The van der Waals surface area contributed by atoms with Gasteiger partial charge in [-0.05, 0) is 36.0 Å². The number of hydrogen-bond acceptors (Lipinski definition) is 7. The Balaban J connectivity index is 1.88. The number of nitro groups is 1. The fourth-order valence-corrected chi connectivity index (χ4v) is 3.12. The maximum atomic E-state index is 12.7. The number of carbonyl (C=O) groups is 2. The maximum Gasteiger partial charge on any atom is 0.295 e. The van der Waals surface area contributed by atoms with Crippen LogP contribution in [0.2, 0.25) is 0 Å². The fraction of sp³-hybridized carbons (Fsp3) is 0.111. The first-order valence-electron chi connectivity index (χ1n) is 8.30. The highest BCUT2D eigenvalue weighted by molar-refractivity contribution is 8.13. The molecule has 29 heavy (non-hydrogen) atoms. The van der Waals surface area contributed by atoms with Gasteiger partial charge in [-0.2, -0.15) is 5.10 Å². The molecule has 0 atom stereocenters. The second-order valence-corrected chi connectivity index (χ2v) is 7.01. The van der Waals surface area contributed by atoms with Gasteiger partial charge in [0.1, 0.15) is 18.3 Å². The SMILES string of the molecule is CN(C)C(=O)Sc1ccccc1NC(=O)c1ccc(-n2cncn2)c([N+](=O)[O-])c1. The molecule has 0 saturated heterocycles. The Kier molecular flexibility index (Phi) is 5.88. The number of nitro benzene ring substituents is 1. The highest BCUT2D eigenvalue weighted by Crippen LogP contribution is 2.30. The molecule has 0 unspecified atom stereocenters. The second-order valence-electron chi connectivity index (χ2n) is 6.01. The number of benzene rings is 2. The zero-order chi connectivity index (χ0) is 21.0. The average molecular weight is 412 g/mol. The normalized spacial score (nSPS) is 10.4. The summed E-state index contributed by atoms with van der Waals surface area (Å²) in [5.74, 6) is -0.538. The van der Waals surface area contributed by atoms with Crippen LogP contribution in [0.5, 0.6) is 0 Å². The Morgan fingerprint density at radius 3 is 2.62 bits per heavy atom. The van der Waals surface area contributed by atoms with Crippen molar-refractivity contribution in [3.63, 3.8) is 0 Å². The lowest BCUT2D eigenvalue weighted by Crippen LogP contribution is -2.17. The van der Waals surface area contributed by atoms with E-state index in [-0.39, 0.29) is 22.2 Å². The molecule has 1 N–H and O–H groups in total. The topological polar surface area (TPSA) is 123 Å². The summed E-state index contributed by atoms with van der Waals surface area (Å²) in [4.78, 5) is 41.3. The number of nitrogens with one attached hydrogen (secondary N) is 1. The minimum absolute atomic E-state index is 0.0966. The lowest BCUT2D eigenvalue weighted by atomic mass is 10.1. The summed E-state index contributed by atoms with van der Waals surface area (Å²) < 4.78 is 1.25. The van der Waals surface area contributed by atoms with Crippen LogP contribution in [0, 0.1) is 10.1 Å². The van der Waals surface area contributed by atoms with Crippen LogP contribution >= 0.6 is 11.8 Å². The zero-order valence-corrected chi connectivity index (χ0v) is 16.3. The average Bonchev–Trinajstić information content (AvgIpc) is 3.23. The molecule has 0 aliphatic rings. The van der Waals surface area contributed by atoms with Gasteiger partial charge in [0, 0.05) is 30.6 Å². The van der Waals surface area contributed by atoms with Crippen molar-refractivity contribution in [1.29, 1.82) is 0 Å². The molecule has 0 spiro atoms. The van der Waals surface area contributed by atoms with Gasteiger partial charge in [0.15, 0.2) is 0 Å². The van der Waals surface area contributed by atoms with Crippen LogP contribution in [-0.2, 0) is 0 Å². The van der Waals surface area contributed by atoms with E-state index in [1.807, 2.05) is 0 Å². The quantitative estimate of drug-likeness (QED) is 0.388. The standard InChI is InChI=1S/C18H16N6O4S/c1-22(2)18(26)29-16-6-4-3-5-13(16)21-17(25)12-7-8-14(15(9-12)24(27)28)23-11-19-10-20-23/h3-11H,1-2H3,(H,21,25). The fourth-order valence-electron chi connectivity index (χ4n) is 2.38. The number of aromatic nitrogens is 3. The summed E-state index contributed by atoms with van der Waals surface area (Å²) in [7, 11) is 3.26. The molecule has 1 aromatic heterocycles. The van der Waals surface area contributed by atoms with Crippen molar-refractivity contribution in [2.45, 2.75) is 4.90 Å². The third-order valence-electron chi connectivity index (χ3n) is 3.80. The number of amides is 2. The number of rotatable bonds is 5. The Morgan fingerprint density at radius 1 is 1.21 bits per heavy atom. The third kappa shape index (κ3) is 4.58. The van der Waals surface area contributed by atoms with Gasteiger partial charge in [-0.3, -0.25) is 19.7 Å². The van der Waals surface area contributed by atoms with Crippen LogP contribution < -0.4 is 5.32 Å². The van der Waals surface area contributed by atoms with Crippen molar-refractivity contribution < 1.29 is 14.5 Å². The molecule has 10 nitrogen and oxygen atoms in total. The largest absolute Gasteiger partial charge is 0.339 e. The highest BCUT2D eigenvalue weighted by atomic mass is 32.2. The monoisotopic (exact) mass is 412 g/mol. The lowest BCUT2D eigenvalue weighted by molar-refractivity contribution is -0.384. The van der Waals surface area contributed by atoms with Crippen molar-refractivity contribution in [2.75, 3.05) is 19.4 Å². The summed E-state index contributed by atoms with van der Waals surface area (Å²) in [6, 6.07) is 10.9. The molecule has 0 bridgehead atoms. The number of nitrogens with zero attached hydrogens (tertiary/aromatic N) is 5. The van der Waals surface area contributed by atoms with Crippen molar-refractivity contribution >= 4 is 34.3 Å². The first-order valence-corrected chi connectivity index (χ1v) is 9.11. The Morgan fingerprint density at radius 2 is 1.97 bits per heavy atom. The van der Waals surface area contributed by atoms with Crippen molar-refractivity contribution in [3.05, 3.63) is 70.8 Å². The van der Waals surface area contributed by atoms with Crippen LogP contribution in [0.4, 0.5) is 16.2 Å².